The lowest BCUT2D eigenvalue weighted by atomic mass is 9.87. The van der Waals surface area contributed by atoms with E-state index >= 15 is 0 Å². The summed E-state index contributed by atoms with van der Waals surface area (Å²) in [6, 6.07) is 7.98. The molecule has 1 saturated carbocycles. The Morgan fingerprint density at radius 2 is 1.86 bits per heavy atom. The molecule has 2 atom stereocenters. The lowest BCUT2D eigenvalue weighted by molar-refractivity contribution is -0.121. The summed E-state index contributed by atoms with van der Waals surface area (Å²) in [6.07, 6.45) is 5.46. The summed E-state index contributed by atoms with van der Waals surface area (Å²) < 4.78 is 12.7. The molecule has 4 heteroatoms. The zero-order valence-corrected chi connectivity index (χ0v) is 14.7. The van der Waals surface area contributed by atoms with Gasteiger partial charge in [-0.1, -0.05) is 37.5 Å². The zero-order valence-electron chi connectivity index (χ0n) is 13.9. The Morgan fingerprint density at radius 3 is 2.50 bits per heavy atom. The third-order valence-electron chi connectivity index (χ3n) is 4.72. The summed E-state index contributed by atoms with van der Waals surface area (Å²) in [5.74, 6) is 0.489. The molecule has 1 fully saturated rings. The Balaban J connectivity index is 2.10. The first-order valence-electron chi connectivity index (χ1n) is 8.17. The molecule has 0 aromatic heterocycles. The van der Waals surface area contributed by atoms with Crippen LogP contribution in [0.5, 0.6) is 0 Å². The van der Waals surface area contributed by atoms with Crippen molar-refractivity contribution in [2.24, 2.45) is 5.92 Å². The maximum atomic E-state index is 12.7. The number of rotatable bonds is 6. The van der Waals surface area contributed by atoms with Crippen LogP contribution in [-0.4, -0.2) is 34.7 Å². The molecule has 1 aromatic carbocycles. The fourth-order valence-corrected chi connectivity index (χ4v) is 4.44. The first-order valence-corrected chi connectivity index (χ1v) is 9.49. The van der Waals surface area contributed by atoms with Crippen LogP contribution in [0.15, 0.2) is 29.2 Å². The van der Waals surface area contributed by atoms with Crippen LogP contribution in [0.3, 0.4) is 0 Å². The molecule has 0 radical (unpaired) electrons. The molecule has 22 heavy (non-hydrogen) atoms. The molecule has 0 amide bonds. The molecule has 0 spiro atoms. The van der Waals surface area contributed by atoms with Crippen molar-refractivity contribution >= 4 is 16.6 Å². The van der Waals surface area contributed by atoms with Crippen LogP contribution >= 0.6 is 0 Å². The van der Waals surface area contributed by atoms with E-state index in [2.05, 4.69) is 11.8 Å². The van der Waals surface area contributed by atoms with Crippen molar-refractivity contribution in [3.05, 3.63) is 29.8 Å². The van der Waals surface area contributed by atoms with Gasteiger partial charge in [-0.15, -0.1) is 0 Å². The minimum atomic E-state index is -1.24. The maximum absolute atomic E-state index is 12.7. The van der Waals surface area contributed by atoms with Crippen LogP contribution in [0.1, 0.15) is 50.6 Å². The van der Waals surface area contributed by atoms with Crippen molar-refractivity contribution in [2.75, 3.05) is 19.8 Å². The summed E-state index contributed by atoms with van der Waals surface area (Å²) in [5.41, 5.74) is 1.06. The third-order valence-corrected chi connectivity index (χ3v) is 6.13. The van der Waals surface area contributed by atoms with Crippen LogP contribution in [0.4, 0.5) is 0 Å². The van der Waals surface area contributed by atoms with E-state index in [-0.39, 0.29) is 23.5 Å². The second-order valence-electron chi connectivity index (χ2n) is 6.47. The Kier molecular flexibility index (Phi) is 6.33. The number of carbonyl (C=O) groups excluding carboxylic acids is 1. The summed E-state index contributed by atoms with van der Waals surface area (Å²) in [4.78, 5) is 15.3. The fourth-order valence-electron chi connectivity index (χ4n) is 3.06. The van der Waals surface area contributed by atoms with E-state index in [1.165, 1.54) is 6.42 Å². The average Bonchev–Trinajstić information content (AvgIpc) is 2.54. The molecule has 0 heterocycles. The predicted molar refractivity (Wildman–Crippen MR) is 91.4 cm³/mol. The summed E-state index contributed by atoms with van der Waals surface area (Å²) in [5, 5.41) is 0. The van der Waals surface area contributed by atoms with Gasteiger partial charge in [0.15, 0.2) is 0 Å². The fraction of sp³-hybridized carbons (Fsp3) is 0.611. The van der Waals surface area contributed by atoms with Gasteiger partial charge in [0.1, 0.15) is 5.78 Å². The minimum absolute atomic E-state index is 0.135. The number of carbonyl (C=O) groups is 1. The molecular weight excluding hydrogens is 294 g/mol. The normalized spacial score (nSPS) is 19.1. The van der Waals surface area contributed by atoms with Crippen LogP contribution in [0, 0.1) is 5.92 Å². The number of hydrogen-bond acceptors (Lipinski definition) is 3. The molecule has 0 saturated heterocycles. The third kappa shape index (κ3) is 4.26. The molecule has 1 aliphatic carbocycles. The van der Waals surface area contributed by atoms with Crippen molar-refractivity contribution in [1.82, 2.24) is 4.90 Å². The van der Waals surface area contributed by atoms with Gasteiger partial charge in [0.05, 0.1) is 16.6 Å². The molecule has 122 valence electrons. The van der Waals surface area contributed by atoms with Gasteiger partial charge in [0.2, 0.25) is 0 Å². The van der Waals surface area contributed by atoms with Gasteiger partial charge in [0, 0.05) is 16.9 Å². The van der Waals surface area contributed by atoms with Crippen LogP contribution in [0.2, 0.25) is 0 Å². The molecule has 0 bridgehead atoms. The topological polar surface area (TPSA) is 37.4 Å². The van der Waals surface area contributed by atoms with Gasteiger partial charge in [-0.2, -0.15) is 0 Å². The molecule has 0 unspecified atom stereocenters. The molecule has 2 rings (SSSR count). The molecule has 1 aromatic rings. The highest BCUT2D eigenvalue weighted by atomic mass is 32.2. The van der Waals surface area contributed by atoms with Crippen LogP contribution < -0.4 is 0 Å². The number of nitrogens with zero attached hydrogens (tertiary/aromatic N) is 1. The van der Waals surface area contributed by atoms with E-state index in [1.807, 2.05) is 38.4 Å². The zero-order chi connectivity index (χ0) is 16.1. The van der Waals surface area contributed by atoms with Gasteiger partial charge >= 0.3 is 0 Å². The van der Waals surface area contributed by atoms with E-state index in [0.29, 0.717) is 0 Å². The number of ketones is 1. The van der Waals surface area contributed by atoms with Gasteiger partial charge in [-0.05, 0) is 45.5 Å². The number of hydrogen-bond donors (Lipinski definition) is 0. The molecular formula is C18H27NO2S. The van der Waals surface area contributed by atoms with E-state index in [1.54, 1.807) is 0 Å². The smallest absolute Gasteiger partial charge is 0.148 e. The monoisotopic (exact) mass is 321 g/mol. The average molecular weight is 321 g/mol. The van der Waals surface area contributed by atoms with E-state index in [4.69, 9.17) is 0 Å². The van der Waals surface area contributed by atoms with Crippen molar-refractivity contribution in [3.63, 3.8) is 0 Å². The number of Topliss-reactive ketones (excluding diaryl/α,β-unsaturated/α-hetero) is 1. The molecule has 1 aliphatic rings. The Hall–Kier alpha value is -1.00. The summed E-state index contributed by atoms with van der Waals surface area (Å²) in [7, 11) is 2.78. The van der Waals surface area contributed by atoms with Crippen LogP contribution in [0.25, 0.3) is 0 Å². The van der Waals surface area contributed by atoms with Crippen molar-refractivity contribution < 1.29 is 9.00 Å². The lowest BCUT2D eigenvalue weighted by Crippen LogP contribution is -2.24. The summed E-state index contributed by atoms with van der Waals surface area (Å²) in [6.45, 7) is 2.10. The van der Waals surface area contributed by atoms with Gasteiger partial charge in [-0.3, -0.25) is 9.00 Å². The highest BCUT2D eigenvalue weighted by Gasteiger charge is 2.24. The first-order chi connectivity index (χ1) is 10.5. The second-order valence-corrected chi connectivity index (χ2v) is 7.89. The Labute approximate surface area is 136 Å². The van der Waals surface area contributed by atoms with Crippen molar-refractivity contribution in [1.29, 1.82) is 0 Å². The Morgan fingerprint density at radius 1 is 1.23 bits per heavy atom. The first kappa shape index (κ1) is 17.4. The Bertz CT molecular complexity index is 536. The number of benzene rings is 1. The largest absolute Gasteiger partial charge is 0.303 e. The maximum Gasteiger partial charge on any atom is 0.148 e. The molecule has 0 N–H and O–H groups in total. The SMILES string of the molecule is C[C@H](c1ccccc1[S@@](=O)CC(=O)C1CCCCC1)N(C)C. The predicted octanol–water partition coefficient (Wildman–Crippen LogP) is 3.57. The lowest BCUT2D eigenvalue weighted by Gasteiger charge is -2.23. The standard InChI is InChI=1S/C18H27NO2S/c1-14(19(2)3)16-11-7-8-12-18(16)22(21)13-17(20)15-9-5-4-6-10-15/h7-8,11-12,14-15H,4-6,9-10,13H2,1-3H3/t14-,22+/m1/s1. The summed E-state index contributed by atoms with van der Waals surface area (Å²) >= 11 is 0. The van der Waals surface area contributed by atoms with E-state index < -0.39 is 10.8 Å². The quantitative estimate of drug-likeness (QED) is 0.804. The highest BCUT2D eigenvalue weighted by Crippen LogP contribution is 2.27. The van der Waals surface area contributed by atoms with E-state index in [9.17, 15) is 9.00 Å². The minimum Gasteiger partial charge on any atom is -0.303 e. The van der Waals surface area contributed by atoms with Gasteiger partial charge in [0.25, 0.3) is 0 Å². The van der Waals surface area contributed by atoms with Crippen molar-refractivity contribution in [2.45, 2.75) is 50.0 Å². The highest BCUT2D eigenvalue weighted by molar-refractivity contribution is 7.85. The molecule has 3 nitrogen and oxygen atoms in total. The molecule has 0 aliphatic heterocycles. The van der Waals surface area contributed by atoms with E-state index in [0.717, 1.165) is 36.1 Å². The van der Waals surface area contributed by atoms with Gasteiger partial charge in [-0.25, -0.2) is 0 Å². The second kappa shape index (κ2) is 8.02. The van der Waals surface area contributed by atoms with Crippen LogP contribution in [-0.2, 0) is 15.6 Å². The van der Waals surface area contributed by atoms with Crippen molar-refractivity contribution in [3.8, 4) is 0 Å². The van der Waals surface area contributed by atoms with Gasteiger partial charge < -0.3 is 4.90 Å².